The number of fused-ring (bicyclic) bond motifs is 6. The second-order valence-electron chi connectivity index (χ2n) is 42.3. The van der Waals surface area contributed by atoms with Gasteiger partial charge in [0.2, 0.25) is 17.7 Å². The number of aromatic carboxylic acids is 1. The molecule has 9 aliphatic rings. The third-order valence-electron chi connectivity index (χ3n) is 30.8. The molecule has 0 unspecified atom stereocenters. The summed E-state index contributed by atoms with van der Waals surface area (Å²) < 4.78 is 43.9. The molecular weight excluding hydrogens is 1910 g/mol. The molecule has 3 aromatic heterocycles. The summed E-state index contributed by atoms with van der Waals surface area (Å²) >= 11 is 0. The van der Waals surface area contributed by atoms with Gasteiger partial charge in [0.25, 0.3) is 28.5 Å². The van der Waals surface area contributed by atoms with Gasteiger partial charge in [0.15, 0.2) is 0 Å². The smallest absolute Gasteiger partial charge is 0.410 e. The average Bonchev–Trinajstić information content (AvgIpc) is 1.58. The van der Waals surface area contributed by atoms with Crippen molar-refractivity contribution in [1.29, 1.82) is 0 Å². The molecule has 0 radical (unpaired) electrons. The molecule has 0 aliphatic carbocycles. The molecule has 0 atom stereocenters. The number of methoxy groups -OCH3 is 3. The van der Waals surface area contributed by atoms with E-state index in [1.807, 2.05) is 117 Å². The van der Waals surface area contributed by atoms with Crippen LogP contribution in [-0.4, -0.2) is 227 Å². The number of H-pyrrole nitrogens is 3. The molecule has 18 rings (SSSR count). The van der Waals surface area contributed by atoms with Crippen LogP contribution in [0.3, 0.4) is 0 Å². The monoisotopic (exact) mass is 2060 g/mol. The van der Waals surface area contributed by atoms with Crippen LogP contribution in [0.1, 0.15) is 238 Å². The minimum Gasteiger partial charge on any atom is -0.496 e. The fraction of sp³-hybridized carbons (Fsp3) is 0.487. The van der Waals surface area contributed by atoms with Crippen molar-refractivity contribution in [2.24, 2.45) is 5.73 Å². The summed E-state index contributed by atoms with van der Waals surface area (Å²) in [7, 11) is 4.54. The van der Waals surface area contributed by atoms with Gasteiger partial charge in [0.05, 0.1) is 72.9 Å². The Morgan fingerprint density at radius 1 is 0.413 bits per heavy atom. The van der Waals surface area contributed by atoms with Gasteiger partial charge in [-0.15, -0.1) is 0 Å². The topological polar surface area (TPSA) is 444 Å². The van der Waals surface area contributed by atoms with E-state index in [1.54, 1.807) is 54.8 Å². The van der Waals surface area contributed by atoms with E-state index in [0.717, 1.165) is 191 Å². The SMILES string of the molecule is CCN(c1cc(-c2ccc3c(c2)NC(=O)C32CCN(C(=O)OC(C)(C)C)CC2)cc(C(=O)NCc2c(OC)cc(C)[nH]c2=O)c1C)C1CCOCC1.CCN(c1cc(-c2ccc3c(c2)NC(=O)C32CCN(C(=O)OC(C)(C)C)CC2)cc(C(=O)O)c1C)C1CCOCC1.CCN(c1cc(-c2ccc3c(c2)NC(=O)C32CCNCC2)cc(C(=O)NCc2c(OC)cc(C)[nH]c2=O)c1C)C1CCOCC1.COc1cc(C)[nH]c(=O)c1CN. The van der Waals surface area contributed by atoms with Crippen LogP contribution in [0.4, 0.5) is 43.7 Å². The summed E-state index contributed by atoms with van der Waals surface area (Å²) in [6.45, 7) is 38.6. The van der Waals surface area contributed by atoms with Crippen LogP contribution in [0.2, 0.25) is 0 Å². The molecule has 12 N–H and O–H groups in total. The van der Waals surface area contributed by atoms with Crippen LogP contribution in [-0.2, 0) is 73.9 Å². The number of aryl methyl sites for hydroxylation is 3. The number of likely N-dealkylation sites (tertiary alicyclic amines) is 2. The number of carbonyl (C=O) groups is 8. The van der Waals surface area contributed by atoms with E-state index in [0.29, 0.717) is 154 Å². The highest BCUT2D eigenvalue weighted by Crippen LogP contribution is 2.51. The first-order chi connectivity index (χ1) is 71.6. The Morgan fingerprint density at radius 2 is 0.707 bits per heavy atom. The molecule has 150 heavy (non-hydrogen) atoms. The van der Waals surface area contributed by atoms with E-state index in [2.05, 4.69) is 113 Å². The second-order valence-corrected chi connectivity index (χ2v) is 42.3. The molecule has 6 fully saturated rings. The lowest BCUT2D eigenvalue weighted by atomic mass is 9.73. The molecule has 12 heterocycles. The lowest BCUT2D eigenvalue weighted by Gasteiger charge is -2.38. The predicted octanol–water partition coefficient (Wildman–Crippen LogP) is 15.7. The number of aromatic nitrogens is 3. The van der Waals surface area contributed by atoms with E-state index in [1.165, 1.54) is 21.3 Å². The largest absolute Gasteiger partial charge is 0.496 e. The Hall–Kier alpha value is -13.9. The molecule has 6 saturated heterocycles. The summed E-state index contributed by atoms with van der Waals surface area (Å²) in [6.07, 6.45) is 8.24. The van der Waals surface area contributed by atoms with Gasteiger partial charge in [0.1, 0.15) is 28.5 Å². The minimum atomic E-state index is -0.959. The standard InChI is InChI=1S/C40H51N5O7.C35H43N5O5.C32H41N3O6.C8H12N2O2/c1-8-45(28-11-17-51-18-12-28)33-22-27(20-29(25(33)3)35(46)41-23-30-34(50-7)19-24(2)42-36(30)47)26-9-10-31-32(21-26)43-37(48)40(31)13-15-44(16-14-40)38(49)52-39(4,5)6;1-5-40(25-8-14-45-15-9-25)30-19-24(23-6-7-28-29(18-23)39-34(43)35(28)10-12-36-13-11-35)17-26(22(30)3)32(41)37-20-27-31(44-4)16-21(2)38-33(27)42;1-6-35(23-9-15-40-16-10-23)27-19-22(17-24(20(27)2)28(36)37)21-7-8-25-26(18-21)33-29(38)32(25)11-13-34(14-12-32)30(39)41-31(3,4)5;1-5-3-7(12-2)6(4-9)8(11)10-5/h9-10,19-22,28H,8,11-18,23H2,1-7H3,(H,41,46)(H,42,47)(H,43,48);6-7,16-19,25,36H,5,8-15,20H2,1-4H3,(H,37,41)(H,38,42)(H,39,43);7-8,17-19,23H,6,9-16H2,1-5H3,(H,33,38)(H,36,37);3H,4,9H2,1-2H3,(H,10,11). The quantitative estimate of drug-likeness (QED) is 0.0283. The highest BCUT2D eigenvalue weighted by Gasteiger charge is 2.53. The highest BCUT2D eigenvalue weighted by atomic mass is 16.6. The van der Waals surface area contributed by atoms with E-state index in [-0.39, 0.29) is 95.7 Å². The van der Waals surface area contributed by atoms with Crippen LogP contribution in [0.25, 0.3) is 33.4 Å². The zero-order chi connectivity index (χ0) is 108. The lowest BCUT2D eigenvalue weighted by molar-refractivity contribution is -0.123. The van der Waals surface area contributed by atoms with Gasteiger partial charge < -0.3 is 120 Å². The fourth-order valence-electron chi connectivity index (χ4n) is 22.7. The maximum atomic E-state index is 14.0. The van der Waals surface area contributed by atoms with Crippen molar-refractivity contribution < 1.29 is 81.4 Å². The number of benzene rings is 6. The van der Waals surface area contributed by atoms with Crippen molar-refractivity contribution in [3.8, 4) is 50.6 Å². The molecule has 9 aliphatic heterocycles. The van der Waals surface area contributed by atoms with Gasteiger partial charge in [-0.3, -0.25) is 38.4 Å². The number of pyridine rings is 3. The highest BCUT2D eigenvalue weighted by molar-refractivity contribution is 6.10. The number of hydrogen-bond donors (Lipinski definition) is 11. The number of rotatable bonds is 23. The number of nitrogens with zero attached hydrogens (tertiary/aromatic N) is 5. The van der Waals surface area contributed by atoms with Gasteiger partial charge >= 0.3 is 18.2 Å². The van der Waals surface area contributed by atoms with Gasteiger partial charge in [-0.05, 0) is 334 Å². The van der Waals surface area contributed by atoms with E-state index in [4.69, 9.17) is 43.6 Å². The number of nitrogens with one attached hydrogen (secondary N) is 9. The Bertz CT molecular complexity index is 6750. The van der Waals surface area contributed by atoms with Crippen molar-refractivity contribution in [2.45, 2.75) is 246 Å². The van der Waals surface area contributed by atoms with Crippen LogP contribution < -0.4 is 83.2 Å². The van der Waals surface area contributed by atoms with E-state index < -0.39 is 33.4 Å². The van der Waals surface area contributed by atoms with Gasteiger partial charge in [0, 0.05) is 172 Å². The Balaban J connectivity index is 0.000000160. The molecule has 802 valence electrons. The predicted molar refractivity (Wildman–Crippen MR) is 580 cm³/mol. The number of carboxylic acid groups (broad SMARTS) is 1. The van der Waals surface area contributed by atoms with Crippen LogP contribution in [0, 0.1) is 41.5 Å². The number of carbonyl (C=O) groups excluding carboxylic acids is 7. The zero-order valence-electron chi connectivity index (χ0n) is 89.9. The molecule has 0 saturated carbocycles. The maximum Gasteiger partial charge on any atom is 0.410 e. The molecule has 6 aromatic carbocycles. The van der Waals surface area contributed by atoms with E-state index in [9.17, 15) is 57.8 Å². The van der Waals surface area contributed by atoms with Crippen molar-refractivity contribution in [2.75, 3.05) is 151 Å². The molecule has 35 nitrogen and oxygen atoms in total. The number of amides is 7. The van der Waals surface area contributed by atoms with Crippen LogP contribution in [0.5, 0.6) is 17.2 Å². The molecule has 9 aromatic rings. The first kappa shape index (κ1) is 110. The second kappa shape index (κ2) is 46.7. The Labute approximate surface area is 876 Å². The van der Waals surface area contributed by atoms with Gasteiger partial charge in [-0.25, -0.2) is 14.4 Å². The first-order valence-corrected chi connectivity index (χ1v) is 52.4. The van der Waals surface area contributed by atoms with Crippen molar-refractivity contribution in [3.05, 3.63) is 224 Å². The first-order valence-electron chi connectivity index (χ1n) is 52.4. The molecule has 7 amide bonds. The summed E-state index contributed by atoms with van der Waals surface area (Å²) in [4.78, 5) is 161. The Morgan fingerprint density at radius 3 is 1.00 bits per heavy atom. The molecule has 3 spiro atoms. The number of aromatic amines is 3. The minimum absolute atomic E-state index is 0.00755. The summed E-state index contributed by atoms with van der Waals surface area (Å²) in [5, 5.41) is 28.8. The maximum absolute atomic E-state index is 14.0. The average molecular weight is 2060 g/mol. The zero-order valence-corrected chi connectivity index (χ0v) is 89.9. The number of ether oxygens (including phenoxy) is 8. The van der Waals surface area contributed by atoms with Gasteiger partial charge in [-0.1, -0.05) is 36.4 Å². The number of nitrogens with two attached hydrogens (primary N) is 1. The van der Waals surface area contributed by atoms with Crippen molar-refractivity contribution in [1.82, 2.24) is 40.7 Å². The third kappa shape index (κ3) is 23.6. The lowest BCUT2D eigenvalue weighted by Crippen LogP contribution is -2.49. The number of hydrogen-bond acceptors (Lipinski definition) is 24. The number of anilines is 6. The van der Waals surface area contributed by atoms with E-state index >= 15 is 0 Å². The molecule has 0 bridgehead atoms. The van der Waals surface area contributed by atoms with Crippen LogP contribution >= 0.6 is 0 Å². The molecule has 35 heteroatoms. The number of piperidine rings is 3. The van der Waals surface area contributed by atoms with Crippen molar-refractivity contribution in [3.63, 3.8) is 0 Å². The molecular formula is C115H147N15O20. The summed E-state index contributed by atoms with van der Waals surface area (Å²) in [5.41, 5.74) is 21.9. The summed E-state index contributed by atoms with van der Waals surface area (Å²) in [5.74, 6) is -0.188. The van der Waals surface area contributed by atoms with Crippen molar-refractivity contribution >= 4 is 81.8 Å². The Kier molecular flexibility index (Phi) is 34.3. The summed E-state index contributed by atoms with van der Waals surface area (Å²) in [6, 6.07) is 36.1. The third-order valence-corrected chi connectivity index (χ3v) is 30.8. The fourth-order valence-corrected chi connectivity index (χ4v) is 22.7. The normalized spacial score (nSPS) is 17.1. The van der Waals surface area contributed by atoms with Crippen LogP contribution in [0.15, 0.2) is 124 Å². The number of carboxylic acids is 1. The van der Waals surface area contributed by atoms with Gasteiger partial charge in [-0.2, -0.15) is 0 Å².